The van der Waals surface area contributed by atoms with Crippen molar-refractivity contribution in [3.05, 3.63) is 35.4 Å². The lowest BCUT2D eigenvalue weighted by Crippen LogP contribution is -2.36. The second-order valence-corrected chi connectivity index (χ2v) is 7.52. The first-order valence-corrected chi connectivity index (χ1v) is 9.56. The van der Waals surface area contributed by atoms with Gasteiger partial charge >= 0.3 is 0 Å². The van der Waals surface area contributed by atoms with Crippen LogP contribution in [0, 0.1) is 12.8 Å². The molecule has 2 aromatic rings. The number of rotatable bonds is 5. The summed E-state index contributed by atoms with van der Waals surface area (Å²) in [5.74, 6) is 1.62. The lowest BCUT2D eigenvalue weighted by Gasteiger charge is -2.32. The van der Waals surface area contributed by atoms with Crippen LogP contribution in [0.5, 0.6) is 0 Å². The highest BCUT2D eigenvalue weighted by Gasteiger charge is 2.22. The first-order chi connectivity index (χ1) is 12.3. The van der Waals surface area contributed by atoms with Crippen molar-refractivity contribution in [2.45, 2.75) is 45.6 Å². The molecule has 0 amide bonds. The first kappa shape index (κ1) is 16.5. The molecule has 0 unspecified atom stereocenters. The minimum absolute atomic E-state index is 0.702. The van der Waals surface area contributed by atoms with Gasteiger partial charge in [0.2, 0.25) is 5.95 Å². The molecule has 0 spiro atoms. The van der Waals surface area contributed by atoms with Crippen molar-refractivity contribution in [1.82, 2.24) is 25.1 Å². The molecule has 25 heavy (non-hydrogen) atoms. The van der Waals surface area contributed by atoms with Gasteiger partial charge in [0.05, 0.1) is 11.9 Å². The summed E-state index contributed by atoms with van der Waals surface area (Å²) >= 11 is 0. The van der Waals surface area contributed by atoms with E-state index in [0.717, 1.165) is 44.2 Å². The van der Waals surface area contributed by atoms with Gasteiger partial charge in [-0.2, -0.15) is 5.10 Å². The van der Waals surface area contributed by atoms with Crippen molar-refractivity contribution in [3.63, 3.8) is 0 Å². The Balaban J connectivity index is 1.37. The first-order valence-electron chi connectivity index (χ1n) is 9.56. The quantitative estimate of drug-likeness (QED) is 0.906. The summed E-state index contributed by atoms with van der Waals surface area (Å²) in [5, 5.41) is 7.32. The Hall–Kier alpha value is -1.95. The largest absolute Gasteiger partial charge is 0.341 e. The standard InChI is InChI=1S/C19H28N6/c1-15-12-21-23-18(15)11-16-5-4-8-24(13-16)14-17-6-7-20-19(22-17)25-9-2-3-10-25/h6-7,12,16H,2-5,8-11,13-14H2,1H3,(H,21,23)/t16-/m1/s1. The van der Waals surface area contributed by atoms with Crippen LogP contribution >= 0.6 is 0 Å². The molecule has 1 atom stereocenters. The van der Waals surface area contributed by atoms with Gasteiger partial charge in [0, 0.05) is 38.1 Å². The number of nitrogens with one attached hydrogen (secondary N) is 1. The highest BCUT2D eigenvalue weighted by atomic mass is 15.3. The predicted molar refractivity (Wildman–Crippen MR) is 98.5 cm³/mol. The van der Waals surface area contributed by atoms with E-state index < -0.39 is 0 Å². The van der Waals surface area contributed by atoms with Crippen molar-refractivity contribution in [2.75, 3.05) is 31.1 Å². The fourth-order valence-corrected chi connectivity index (χ4v) is 4.10. The molecule has 6 nitrogen and oxygen atoms in total. The molecule has 2 aliphatic heterocycles. The molecule has 2 aliphatic rings. The highest BCUT2D eigenvalue weighted by Crippen LogP contribution is 2.23. The molecule has 0 radical (unpaired) electrons. The Kier molecular flexibility index (Phi) is 4.97. The van der Waals surface area contributed by atoms with E-state index in [1.165, 1.54) is 43.5 Å². The van der Waals surface area contributed by atoms with E-state index in [1.54, 1.807) is 0 Å². The molecule has 2 saturated heterocycles. The SMILES string of the molecule is Cc1cn[nH]c1C[C@H]1CCCN(Cc2ccnc(N3CCCC3)n2)C1. The van der Waals surface area contributed by atoms with Gasteiger partial charge in [-0.15, -0.1) is 0 Å². The third-order valence-corrected chi connectivity index (χ3v) is 5.50. The molecule has 2 aromatic heterocycles. The zero-order valence-corrected chi connectivity index (χ0v) is 15.1. The maximum Gasteiger partial charge on any atom is 0.225 e. The van der Waals surface area contributed by atoms with Crippen LogP contribution in [-0.2, 0) is 13.0 Å². The normalized spacial score (nSPS) is 21.8. The number of nitrogens with zero attached hydrogens (tertiary/aromatic N) is 5. The summed E-state index contributed by atoms with van der Waals surface area (Å²) in [4.78, 5) is 14.2. The highest BCUT2D eigenvalue weighted by molar-refractivity contribution is 5.31. The number of hydrogen-bond donors (Lipinski definition) is 1. The van der Waals surface area contributed by atoms with E-state index >= 15 is 0 Å². The summed E-state index contributed by atoms with van der Waals surface area (Å²) < 4.78 is 0. The van der Waals surface area contributed by atoms with Crippen molar-refractivity contribution in [3.8, 4) is 0 Å². The Morgan fingerprint density at radius 3 is 2.88 bits per heavy atom. The van der Waals surface area contributed by atoms with Crippen LogP contribution in [0.25, 0.3) is 0 Å². The van der Waals surface area contributed by atoms with E-state index in [2.05, 4.69) is 38.0 Å². The summed E-state index contributed by atoms with van der Waals surface area (Å²) in [6.07, 6.45) is 10.0. The Morgan fingerprint density at radius 2 is 2.08 bits per heavy atom. The van der Waals surface area contributed by atoms with Crippen LogP contribution in [0.15, 0.2) is 18.5 Å². The van der Waals surface area contributed by atoms with Gasteiger partial charge in [0.15, 0.2) is 0 Å². The van der Waals surface area contributed by atoms with E-state index in [1.807, 2.05) is 12.4 Å². The summed E-state index contributed by atoms with van der Waals surface area (Å²) in [6, 6.07) is 2.07. The second kappa shape index (κ2) is 7.52. The van der Waals surface area contributed by atoms with E-state index in [0.29, 0.717) is 5.92 Å². The Labute approximate surface area is 149 Å². The van der Waals surface area contributed by atoms with Gasteiger partial charge in [0.25, 0.3) is 0 Å². The predicted octanol–water partition coefficient (Wildman–Crippen LogP) is 2.56. The average Bonchev–Trinajstić information content (AvgIpc) is 3.28. The smallest absolute Gasteiger partial charge is 0.225 e. The topological polar surface area (TPSA) is 60.9 Å². The van der Waals surface area contributed by atoms with Crippen LogP contribution in [0.2, 0.25) is 0 Å². The van der Waals surface area contributed by atoms with Gasteiger partial charge < -0.3 is 4.90 Å². The molecule has 2 fully saturated rings. The number of aromatic amines is 1. The molecule has 6 heteroatoms. The number of aryl methyl sites for hydroxylation is 1. The lowest BCUT2D eigenvalue weighted by atomic mass is 9.92. The Morgan fingerprint density at radius 1 is 1.20 bits per heavy atom. The summed E-state index contributed by atoms with van der Waals surface area (Å²) in [6.45, 7) is 7.57. The zero-order chi connectivity index (χ0) is 17.1. The van der Waals surface area contributed by atoms with Gasteiger partial charge in [0.1, 0.15) is 0 Å². The minimum Gasteiger partial charge on any atom is -0.341 e. The molecule has 4 rings (SSSR count). The third kappa shape index (κ3) is 4.00. The molecule has 4 heterocycles. The van der Waals surface area contributed by atoms with Crippen molar-refractivity contribution in [1.29, 1.82) is 0 Å². The number of aromatic nitrogens is 4. The molecule has 0 aromatic carbocycles. The van der Waals surface area contributed by atoms with Crippen LogP contribution in [0.4, 0.5) is 5.95 Å². The zero-order valence-electron chi connectivity index (χ0n) is 15.1. The molecule has 0 saturated carbocycles. The fourth-order valence-electron chi connectivity index (χ4n) is 4.10. The fraction of sp³-hybridized carbons (Fsp3) is 0.632. The molecule has 134 valence electrons. The molecule has 1 N–H and O–H groups in total. The van der Waals surface area contributed by atoms with Crippen LogP contribution in [0.3, 0.4) is 0 Å². The average molecular weight is 340 g/mol. The van der Waals surface area contributed by atoms with E-state index in [-0.39, 0.29) is 0 Å². The van der Waals surface area contributed by atoms with Crippen LogP contribution in [-0.4, -0.2) is 51.2 Å². The minimum atomic E-state index is 0.702. The maximum atomic E-state index is 4.82. The molecular weight excluding hydrogens is 312 g/mol. The number of piperidine rings is 1. The van der Waals surface area contributed by atoms with Crippen molar-refractivity contribution >= 4 is 5.95 Å². The molecule has 0 bridgehead atoms. The van der Waals surface area contributed by atoms with Gasteiger partial charge in [-0.25, -0.2) is 9.97 Å². The molecule has 0 aliphatic carbocycles. The van der Waals surface area contributed by atoms with Crippen molar-refractivity contribution < 1.29 is 0 Å². The number of anilines is 1. The third-order valence-electron chi connectivity index (χ3n) is 5.50. The number of likely N-dealkylation sites (tertiary alicyclic amines) is 1. The lowest BCUT2D eigenvalue weighted by molar-refractivity contribution is 0.164. The number of hydrogen-bond acceptors (Lipinski definition) is 5. The maximum absolute atomic E-state index is 4.82. The van der Waals surface area contributed by atoms with Crippen LogP contribution < -0.4 is 4.90 Å². The number of H-pyrrole nitrogens is 1. The second-order valence-electron chi connectivity index (χ2n) is 7.52. The summed E-state index contributed by atoms with van der Waals surface area (Å²) in [7, 11) is 0. The van der Waals surface area contributed by atoms with Gasteiger partial charge in [-0.1, -0.05) is 0 Å². The van der Waals surface area contributed by atoms with Gasteiger partial charge in [-0.05, 0) is 63.1 Å². The Bertz CT molecular complexity index is 691. The van der Waals surface area contributed by atoms with Crippen molar-refractivity contribution in [2.24, 2.45) is 5.92 Å². The van der Waals surface area contributed by atoms with Gasteiger partial charge in [-0.3, -0.25) is 10.00 Å². The van der Waals surface area contributed by atoms with E-state index in [4.69, 9.17) is 4.98 Å². The summed E-state index contributed by atoms with van der Waals surface area (Å²) in [5.41, 5.74) is 3.73. The monoisotopic (exact) mass is 340 g/mol. The van der Waals surface area contributed by atoms with E-state index in [9.17, 15) is 0 Å². The molecular formula is C19H28N6. The van der Waals surface area contributed by atoms with Crippen LogP contribution in [0.1, 0.15) is 42.6 Å².